The Morgan fingerprint density at radius 3 is 2.67 bits per heavy atom. The fourth-order valence-corrected chi connectivity index (χ4v) is 1.62. The zero-order valence-corrected chi connectivity index (χ0v) is 9.91. The van der Waals surface area contributed by atoms with Crippen molar-refractivity contribution in [1.82, 2.24) is 4.90 Å². The summed E-state index contributed by atoms with van der Waals surface area (Å²) in [6, 6.07) is 0. The summed E-state index contributed by atoms with van der Waals surface area (Å²) in [7, 11) is 3.86. The summed E-state index contributed by atoms with van der Waals surface area (Å²) >= 11 is 0. The quantitative estimate of drug-likeness (QED) is 0.598. The van der Waals surface area contributed by atoms with E-state index in [1.807, 2.05) is 0 Å². The maximum atomic E-state index is 5.48. The average Bonchev–Trinajstić information content (AvgIpc) is 2.28. The predicted molar refractivity (Wildman–Crippen MR) is 58.9 cm³/mol. The van der Waals surface area contributed by atoms with Crippen LogP contribution in [0.4, 0.5) is 0 Å². The van der Waals surface area contributed by atoms with Crippen LogP contribution in [0.15, 0.2) is 0 Å². The molecular weight excluding hydrogens is 194 g/mol. The molecule has 1 fully saturated rings. The van der Waals surface area contributed by atoms with Gasteiger partial charge in [-0.05, 0) is 19.9 Å². The van der Waals surface area contributed by atoms with Crippen LogP contribution in [0.3, 0.4) is 0 Å². The van der Waals surface area contributed by atoms with Crippen LogP contribution in [0.25, 0.3) is 0 Å². The van der Waals surface area contributed by atoms with Crippen molar-refractivity contribution >= 4 is 0 Å². The molecule has 4 heteroatoms. The summed E-state index contributed by atoms with van der Waals surface area (Å²) < 4.78 is 16.0. The fourth-order valence-electron chi connectivity index (χ4n) is 1.62. The third-order valence-electron chi connectivity index (χ3n) is 2.53. The van der Waals surface area contributed by atoms with Gasteiger partial charge < -0.3 is 19.1 Å². The molecule has 0 aromatic heterocycles. The molecule has 0 amide bonds. The van der Waals surface area contributed by atoms with Crippen LogP contribution >= 0.6 is 0 Å². The van der Waals surface area contributed by atoms with E-state index < -0.39 is 0 Å². The van der Waals surface area contributed by atoms with Gasteiger partial charge in [-0.3, -0.25) is 0 Å². The summed E-state index contributed by atoms with van der Waals surface area (Å²) in [6.07, 6.45) is 3.09. The lowest BCUT2D eigenvalue weighted by Gasteiger charge is -2.25. The van der Waals surface area contributed by atoms with Crippen LogP contribution < -0.4 is 0 Å². The second kappa shape index (κ2) is 8.05. The average molecular weight is 217 g/mol. The molecule has 1 heterocycles. The number of ether oxygens (including phenoxy) is 3. The Bertz CT molecular complexity index is 149. The molecule has 90 valence electrons. The molecule has 0 saturated carbocycles. The molecule has 1 aliphatic rings. The van der Waals surface area contributed by atoms with E-state index in [4.69, 9.17) is 14.2 Å². The topological polar surface area (TPSA) is 30.9 Å². The van der Waals surface area contributed by atoms with Gasteiger partial charge in [0.2, 0.25) is 0 Å². The lowest BCUT2D eigenvalue weighted by Crippen LogP contribution is -2.30. The fraction of sp³-hybridized carbons (Fsp3) is 1.00. The molecule has 0 atom stereocenters. The summed E-state index contributed by atoms with van der Waals surface area (Å²) in [5.74, 6) is 0. The van der Waals surface area contributed by atoms with Gasteiger partial charge in [-0.15, -0.1) is 0 Å². The van der Waals surface area contributed by atoms with Crippen molar-refractivity contribution < 1.29 is 14.2 Å². The molecule has 4 nitrogen and oxygen atoms in total. The molecule has 0 aromatic rings. The van der Waals surface area contributed by atoms with Crippen LogP contribution in [-0.4, -0.2) is 58.3 Å². The zero-order valence-electron chi connectivity index (χ0n) is 9.91. The molecule has 0 N–H and O–H groups in total. The molecule has 0 aliphatic carbocycles. The number of hydrogen-bond donors (Lipinski definition) is 0. The van der Waals surface area contributed by atoms with Crippen molar-refractivity contribution in [2.75, 3.05) is 47.1 Å². The van der Waals surface area contributed by atoms with E-state index in [-0.39, 0.29) is 6.29 Å². The summed E-state index contributed by atoms with van der Waals surface area (Å²) in [4.78, 5) is 2.29. The SMILES string of the molecule is COCCCN(C)CCC1OCCCO1. The van der Waals surface area contributed by atoms with Crippen molar-refractivity contribution in [1.29, 1.82) is 0 Å². The predicted octanol–water partition coefficient (Wildman–Crippen LogP) is 1.11. The number of nitrogens with zero attached hydrogens (tertiary/aromatic N) is 1. The monoisotopic (exact) mass is 217 g/mol. The molecule has 0 radical (unpaired) electrons. The Morgan fingerprint density at radius 2 is 2.00 bits per heavy atom. The van der Waals surface area contributed by atoms with Crippen molar-refractivity contribution in [2.24, 2.45) is 0 Å². The van der Waals surface area contributed by atoms with Crippen LogP contribution in [0.1, 0.15) is 19.3 Å². The third-order valence-corrected chi connectivity index (χ3v) is 2.53. The first-order chi connectivity index (χ1) is 7.33. The summed E-state index contributed by atoms with van der Waals surface area (Å²) in [5, 5.41) is 0. The molecule has 1 aliphatic heterocycles. The molecule has 0 unspecified atom stereocenters. The Labute approximate surface area is 92.5 Å². The molecule has 0 spiro atoms. The van der Waals surface area contributed by atoms with Crippen LogP contribution in [0, 0.1) is 0 Å². The third kappa shape index (κ3) is 6.10. The van der Waals surface area contributed by atoms with Gasteiger partial charge in [0.15, 0.2) is 6.29 Å². The van der Waals surface area contributed by atoms with Gasteiger partial charge in [0, 0.05) is 33.2 Å². The van der Waals surface area contributed by atoms with Gasteiger partial charge in [0.05, 0.1) is 13.2 Å². The van der Waals surface area contributed by atoms with Crippen LogP contribution in [0.2, 0.25) is 0 Å². The lowest BCUT2D eigenvalue weighted by atomic mass is 10.3. The maximum absolute atomic E-state index is 5.48. The Balaban J connectivity index is 1.97. The number of hydrogen-bond acceptors (Lipinski definition) is 4. The maximum Gasteiger partial charge on any atom is 0.158 e. The van der Waals surface area contributed by atoms with E-state index >= 15 is 0 Å². The minimum atomic E-state index is 0.0172. The number of rotatable bonds is 7. The second-order valence-electron chi connectivity index (χ2n) is 3.96. The van der Waals surface area contributed by atoms with Gasteiger partial charge in [-0.1, -0.05) is 0 Å². The molecular formula is C11H23NO3. The van der Waals surface area contributed by atoms with Crippen molar-refractivity contribution in [3.63, 3.8) is 0 Å². The van der Waals surface area contributed by atoms with Gasteiger partial charge >= 0.3 is 0 Å². The molecule has 15 heavy (non-hydrogen) atoms. The van der Waals surface area contributed by atoms with E-state index in [0.717, 1.165) is 52.2 Å². The largest absolute Gasteiger partial charge is 0.385 e. The van der Waals surface area contributed by atoms with Crippen molar-refractivity contribution in [3.05, 3.63) is 0 Å². The van der Waals surface area contributed by atoms with Gasteiger partial charge in [0.25, 0.3) is 0 Å². The van der Waals surface area contributed by atoms with Crippen LogP contribution in [0.5, 0.6) is 0 Å². The second-order valence-corrected chi connectivity index (χ2v) is 3.96. The Hall–Kier alpha value is -0.160. The highest BCUT2D eigenvalue weighted by Crippen LogP contribution is 2.08. The zero-order chi connectivity index (χ0) is 10.9. The van der Waals surface area contributed by atoms with E-state index in [0.29, 0.717) is 0 Å². The Kier molecular flexibility index (Phi) is 6.92. The van der Waals surface area contributed by atoms with Gasteiger partial charge in [-0.2, -0.15) is 0 Å². The van der Waals surface area contributed by atoms with Crippen LogP contribution in [-0.2, 0) is 14.2 Å². The minimum absolute atomic E-state index is 0.0172. The van der Waals surface area contributed by atoms with E-state index in [9.17, 15) is 0 Å². The molecule has 0 aromatic carbocycles. The normalized spacial score (nSPS) is 18.6. The van der Waals surface area contributed by atoms with E-state index in [2.05, 4.69) is 11.9 Å². The first-order valence-corrected chi connectivity index (χ1v) is 5.73. The van der Waals surface area contributed by atoms with Crippen molar-refractivity contribution in [3.8, 4) is 0 Å². The highest BCUT2D eigenvalue weighted by molar-refractivity contribution is 4.57. The first-order valence-electron chi connectivity index (χ1n) is 5.73. The first kappa shape index (κ1) is 12.9. The highest BCUT2D eigenvalue weighted by Gasteiger charge is 2.14. The lowest BCUT2D eigenvalue weighted by molar-refractivity contribution is -0.182. The Morgan fingerprint density at radius 1 is 1.27 bits per heavy atom. The smallest absolute Gasteiger partial charge is 0.158 e. The summed E-state index contributed by atoms with van der Waals surface area (Å²) in [5.41, 5.74) is 0. The van der Waals surface area contributed by atoms with Gasteiger partial charge in [-0.25, -0.2) is 0 Å². The van der Waals surface area contributed by atoms with Gasteiger partial charge in [0.1, 0.15) is 0 Å². The van der Waals surface area contributed by atoms with E-state index in [1.165, 1.54) is 0 Å². The molecule has 0 bridgehead atoms. The highest BCUT2D eigenvalue weighted by atomic mass is 16.7. The number of methoxy groups -OCH3 is 1. The van der Waals surface area contributed by atoms with E-state index in [1.54, 1.807) is 7.11 Å². The molecule has 1 rings (SSSR count). The van der Waals surface area contributed by atoms with Crippen molar-refractivity contribution in [2.45, 2.75) is 25.6 Å². The molecule has 1 saturated heterocycles. The standard InChI is InChI=1S/C11H23NO3/c1-12(6-3-8-13-2)7-5-11-14-9-4-10-15-11/h11H,3-10H2,1-2H3. The summed E-state index contributed by atoms with van der Waals surface area (Å²) in [6.45, 7) is 4.62. The minimum Gasteiger partial charge on any atom is -0.385 e.